The Hall–Kier alpha value is -1.43. The van der Waals surface area contributed by atoms with Crippen molar-refractivity contribution in [1.29, 1.82) is 0 Å². The van der Waals surface area contributed by atoms with E-state index < -0.39 is 0 Å². The standard InChI is InChI=1S/C16H17N2O.HI/c1-4-18-7-5-13(6-8-18)16-17-14-10-11(2)9-12(3)15(14)19-16;/h5-10H,4H2,1-3H3;1H/q+1;/p-1. The van der Waals surface area contributed by atoms with E-state index in [9.17, 15) is 0 Å². The van der Waals surface area contributed by atoms with Crippen LogP contribution in [0.25, 0.3) is 22.6 Å². The van der Waals surface area contributed by atoms with E-state index >= 15 is 0 Å². The molecule has 104 valence electrons. The fourth-order valence-electron chi connectivity index (χ4n) is 2.31. The first-order valence-electron chi connectivity index (χ1n) is 6.54. The van der Waals surface area contributed by atoms with Crippen molar-refractivity contribution in [2.45, 2.75) is 27.3 Å². The van der Waals surface area contributed by atoms with Gasteiger partial charge in [-0.1, -0.05) is 6.07 Å². The fraction of sp³-hybridized carbons (Fsp3) is 0.250. The van der Waals surface area contributed by atoms with Gasteiger partial charge in [-0.05, 0) is 38.0 Å². The molecular weight excluding hydrogens is 363 g/mol. The van der Waals surface area contributed by atoms with Crippen molar-refractivity contribution in [2.75, 3.05) is 0 Å². The highest BCUT2D eigenvalue weighted by Crippen LogP contribution is 2.26. The molecule has 0 amide bonds. The van der Waals surface area contributed by atoms with Crippen molar-refractivity contribution in [2.24, 2.45) is 0 Å². The lowest BCUT2D eigenvalue weighted by molar-refractivity contribution is -0.693. The van der Waals surface area contributed by atoms with E-state index in [4.69, 9.17) is 4.42 Å². The van der Waals surface area contributed by atoms with Gasteiger partial charge in [-0.15, -0.1) is 0 Å². The van der Waals surface area contributed by atoms with Gasteiger partial charge in [0.25, 0.3) is 0 Å². The number of rotatable bonds is 2. The summed E-state index contributed by atoms with van der Waals surface area (Å²) < 4.78 is 8.01. The van der Waals surface area contributed by atoms with Crippen LogP contribution in [0, 0.1) is 13.8 Å². The summed E-state index contributed by atoms with van der Waals surface area (Å²) in [5, 5.41) is 0. The molecule has 0 unspecified atom stereocenters. The smallest absolute Gasteiger partial charge is 0.227 e. The molecule has 0 bridgehead atoms. The van der Waals surface area contributed by atoms with Crippen molar-refractivity contribution in [1.82, 2.24) is 4.98 Å². The van der Waals surface area contributed by atoms with Gasteiger partial charge in [-0.25, -0.2) is 9.55 Å². The lowest BCUT2D eigenvalue weighted by Crippen LogP contribution is -3.00. The molecule has 1 aromatic carbocycles. The maximum absolute atomic E-state index is 5.89. The molecule has 0 saturated heterocycles. The molecule has 3 nitrogen and oxygen atoms in total. The molecule has 0 atom stereocenters. The van der Waals surface area contributed by atoms with Gasteiger partial charge in [0.2, 0.25) is 5.89 Å². The summed E-state index contributed by atoms with van der Waals surface area (Å²) >= 11 is 0. The molecule has 20 heavy (non-hydrogen) atoms. The van der Waals surface area contributed by atoms with E-state index in [0.29, 0.717) is 5.89 Å². The number of oxazole rings is 1. The van der Waals surface area contributed by atoms with E-state index in [1.807, 2.05) is 24.5 Å². The average Bonchev–Trinajstić information content (AvgIpc) is 2.83. The van der Waals surface area contributed by atoms with E-state index in [0.717, 1.165) is 28.8 Å². The minimum Gasteiger partial charge on any atom is -1.00 e. The third-order valence-electron chi connectivity index (χ3n) is 3.32. The van der Waals surface area contributed by atoms with Crippen LogP contribution in [0.15, 0.2) is 41.1 Å². The largest absolute Gasteiger partial charge is 1.00 e. The van der Waals surface area contributed by atoms with Crippen molar-refractivity contribution in [3.63, 3.8) is 0 Å². The molecule has 4 heteroatoms. The SMILES string of the molecule is CC[n+]1ccc(-c2nc3cc(C)cc(C)c3o2)cc1.[I-]. The van der Waals surface area contributed by atoms with Crippen LogP contribution in [0.2, 0.25) is 0 Å². The van der Waals surface area contributed by atoms with Gasteiger partial charge in [-0.3, -0.25) is 0 Å². The van der Waals surface area contributed by atoms with Crippen LogP contribution >= 0.6 is 0 Å². The maximum atomic E-state index is 5.89. The van der Waals surface area contributed by atoms with Gasteiger partial charge in [0.05, 0.1) is 0 Å². The topological polar surface area (TPSA) is 29.9 Å². The Balaban J connectivity index is 0.00000147. The van der Waals surface area contributed by atoms with Gasteiger partial charge in [0, 0.05) is 17.7 Å². The highest BCUT2D eigenvalue weighted by atomic mass is 127. The molecule has 0 aliphatic rings. The van der Waals surface area contributed by atoms with Gasteiger partial charge in [0.1, 0.15) is 12.1 Å². The molecule has 3 aromatic rings. The molecule has 0 radical (unpaired) electrons. The average molecular weight is 380 g/mol. The maximum Gasteiger partial charge on any atom is 0.227 e. The van der Waals surface area contributed by atoms with Gasteiger partial charge >= 0.3 is 0 Å². The lowest BCUT2D eigenvalue weighted by Gasteiger charge is -1.95. The predicted octanol–water partition coefficient (Wildman–Crippen LogP) is 0.423. The Morgan fingerprint density at radius 3 is 2.50 bits per heavy atom. The van der Waals surface area contributed by atoms with Gasteiger partial charge in [-0.2, -0.15) is 0 Å². The van der Waals surface area contributed by atoms with E-state index in [2.05, 4.69) is 42.5 Å². The molecule has 0 fully saturated rings. The number of hydrogen-bond acceptors (Lipinski definition) is 2. The minimum absolute atomic E-state index is 0. The Morgan fingerprint density at radius 2 is 1.85 bits per heavy atom. The summed E-state index contributed by atoms with van der Waals surface area (Å²) in [4.78, 5) is 4.58. The molecule has 0 spiro atoms. The first-order chi connectivity index (χ1) is 9.17. The first-order valence-corrected chi connectivity index (χ1v) is 6.54. The number of nitrogens with zero attached hydrogens (tertiary/aromatic N) is 2. The highest BCUT2D eigenvalue weighted by molar-refractivity contribution is 5.79. The summed E-state index contributed by atoms with van der Waals surface area (Å²) in [6.07, 6.45) is 4.09. The Bertz CT molecular complexity index is 732. The van der Waals surface area contributed by atoms with E-state index in [1.54, 1.807) is 0 Å². The van der Waals surface area contributed by atoms with Crippen molar-refractivity contribution >= 4 is 11.1 Å². The Labute approximate surface area is 135 Å². The van der Waals surface area contributed by atoms with Gasteiger partial charge in [0.15, 0.2) is 18.0 Å². The van der Waals surface area contributed by atoms with Crippen molar-refractivity contribution in [3.05, 3.63) is 47.8 Å². The number of pyridine rings is 1. The second-order valence-corrected chi connectivity index (χ2v) is 4.87. The number of aryl methyl sites for hydroxylation is 3. The van der Waals surface area contributed by atoms with Gasteiger partial charge < -0.3 is 28.4 Å². The van der Waals surface area contributed by atoms with Crippen LogP contribution in [-0.4, -0.2) is 4.98 Å². The number of aromatic nitrogens is 2. The first kappa shape index (κ1) is 15.0. The van der Waals surface area contributed by atoms with Crippen LogP contribution in [0.4, 0.5) is 0 Å². The molecule has 0 aliphatic carbocycles. The zero-order chi connectivity index (χ0) is 13.4. The van der Waals surface area contributed by atoms with Crippen LogP contribution in [0.5, 0.6) is 0 Å². The highest BCUT2D eigenvalue weighted by Gasteiger charge is 2.11. The molecule has 0 saturated carbocycles. The summed E-state index contributed by atoms with van der Waals surface area (Å²) in [6.45, 7) is 7.21. The Kier molecular flexibility index (Phi) is 4.42. The fourth-order valence-corrected chi connectivity index (χ4v) is 2.31. The third kappa shape index (κ3) is 2.70. The summed E-state index contributed by atoms with van der Waals surface area (Å²) in [5.41, 5.74) is 5.17. The predicted molar refractivity (Wildman–Crippen MR) is 74.8 cm³/mol. The zero-order valence-corrected chi connectivity index (χ0v) is 14.0. The molecule has 3 rings (SSSR count). The van der Waals surface area contributed by atoms with E-state index in [1.165, 1.54) is 5.56 Å². The second-order valence-electron chi connectivity index (χ2n) is 4.87. The molecule has 0 aliphatic heterocycles. The van der Waals surface area contributed by atoms with Crippen LogP contribution < -0.4 is 28.5 Å². The minimum atomic E-state index is 0. The monoisotopic (exact) mass is 380 g/mol. The van der Waals surface area contributed by atoms with E-state index in [-0.39, 0.29) is 24.0 Å². The number of hydrogen-bond donors (Lipinski definition) is 0. The molecular formula is C16H17IN2O. The summed E-state index contributed by atoms with van der Waals surface area (Å²) in [7, 11) is 0. The second kappa shape index (κ2) is 5.91. The lowest BCUT2D eigenvalue weighted by atomic mass is 10.1. The summed E-state index contributed by atoms with van der Waals surface area (Å²) in [6, 6.07) is 8.25. The number of halogens is 1. The summed E-state index contributed by atoms with van der Waals surface area (Å²) in [5.74, 6) is 0.687. The number of fused-ring (bicyclic) bond motifs is 1. The third-order valence-corrected chi connectivity index (χ3v) is 3.32. The molecule has 2 aromatic heterocycles. The molecule has 2 heterocycles. The van der Waals surface area contributed by atoms with Crippen LogP contribution in [0.3, 0.4) is 0 Å². The van der Waals surface area contributed by atoms with Crippen molar-refractivity contribution < 1.29 is 33.0 Å². The molecule has 0 N–H and O–H groups in total. The van der Waals surface area contributed by atoms with Crippen LogP contribution in [0.1, 0.15) is 18.1 Å². The quantitative estimate of drug-likeness (QED) is 0.477. The Morgan fingerprint density at radius 1 is 1.15 bits per heavy atom. The zero-order valence-electron chi connectivity index (χ0n) is 11.9. The normalized spacial score (nSPS) is 10.6. The number of benzene rings is 1. The van der Waals surface area contributed by atoms with Crippen LogP contribution in [-0.2, 0) is 6.54 Å². The van der Waals surface area contributed by atoms with Crippen molar-refractivity contribution in [3.8, 4) is 11.5 Å².